The fourth-order valence-corrected chi connectivity index (χ4v) is 2.76. The zero-order chi connectivity index (χ0) is 13.9. The summed E-state index contributed by atoms with van der Waals surface area (Å²) >= 11 is 5.71. The van der Waals surface area contributed by atoms with Crippen LogP contribution >= 0.6 is 11.6 Å². The minimum Gasteiger partial charge on any atom is -0.324 e. The second kappa shape index (κ2) is 5.88. The molecule has 2 N–H and O–H groups in total. The van der Waals surface area contributed by atoms with E-state index in [4.69, 9.17) is 11.6 Å². The number of benzene rings is 1. The van der Waals surface area contributed by atoms with Crippen LogP contribution in [-0.4, -0.2) is 18.0 Å². The van der Waals surface area contributed by atoms with Crippen molar-refractivity contribution in [2.45, 2.75) is 38.1 Å². The summed E-state index contributed by atoms with van der Waals surface area (Å²) < 4.78 is 13.1. The molecule has 1 unspecified atom stereocenters. The zero-order valence-corrected chi connectivity index (χ0v) is 11.7. The molecule has 19 heavy (non-hydrogen) atoms. The van der Waals surface area contributed by atoms with Crippen LogP contribution in [0.4, 0.5) is 10.1 Å². The number of carbonyl (C=O) groups excluding carboxylic acids is 1. The summed E-state index contributed by atoms with van der Waals surface area (Å²) in [6, 6.07) is 4.21. The van der Waals surface area contributed by atoms with Gasteiger partial charge in [-0.1, -0.05) is 24.9 Å². The van der Waals surface area contributed by atoms with E-state index in [1.807, 2.05) is 0 Å². The summed E-state index contributed by atoms with van der Waals surface area (Å²) in [6.45, 7) is 2.92. The third-order valence-electron chi connectivity index (χ3n) is 3.53. The molecule has 1 aliphatic heterocycles. The summed E-state index contributed by atoms with van der Waals surface area (Å²) in [7, 11) is 0. The van der Waals surface area contributed by atoms with Crippen LogP contribution in [0.5, 0.6) is 0 Å². The fourth-order valence-electron chi connectivity index (χ4n) is 2.58. The molecule has 5 heteroatoms. The van der Waals surface area contributed by atoms with Gasteiger partial charge in [0.05, 0.1) is 10.6 Å². The first-order chi connectivity index (χ1) is 9.07. The van der Waals surface area contributed by atoms with Gasteiger partial charge in [0.1, 0.15) is 5.82 Å². The standard InChI is InChI=1S/C14H18ClFN2O/c1-2-6-14(7-3-8-17-14)13(19)18-10-4-5-12(16)11(15)9-10/h4-5,9,17H,2-3,6-8H2,1H3,(H,18,19). The van der Waals surface area contributed by atoms with Crippen LogP contribution in [0.3, 0.4) is 0 Å². The van der Waals surface area contributed by atoms with Crippen molar-refractivity contribution in [2.75, 3.05) is 11.9 Å². The Balaban J connectivity index is 2.12. The number of carbonyl (C=O) groups is 1. The number of hydrogen-bond donors (Lipinski definition) is 2. The number of rotatable bonds is 4. The Kier molecular flexibility index (Phi) is 4.42. The molecule has 0 radical (unpaired) electrons. The quantitative estimate of drug-likeness (QED) is 0.890. The van der Waals surface area contributed by atoms with Crippen LogP contribution < -0.4 is 10.6 Å². The first-order valence-corrected chi connectivity index (χ1v) is 6.97. The normalized spacial score (nSPS) is 22.5. The number of amides is 1. The molecule has 0 spiro atoms. The van der Waals surface area contributed by atoms with Gasteiger partial charge in [0.2, 0.25) is 5.91 Å². The summed E-state index contributed by atoms with van der Waals surface area (Å²) in [5, 5.41) is 6.14. The molecule has 104 valence electrons. The second-order valence-electron chi connectivity index (χ2n) is 4.95. The molecule has 0 bridgehead atoms. The third-order valence-corrected chi connectivity index (χ3v) is 3.82. The molecule has 1 fully saturated rings. The molecular weight excluding hydrogens is 267 g/mol. The Hall–Kier alpha value is -1.13. The Bertz CT molecular complexity index is 473. The average Bonchev–Trinajstić information content (AvgIpc) is 2.84. The van der Waals surface area contributed by atoms with Crippen LogP contribution in [-0.2, 0) is 4.79 Å². The lowest BCUT2D eigenvalue weighted by molar-refractivity contribution is -0.122. The van der Waals surface area contributed by atoms with Gasteiger partial charge >= 0.3 is 0 Å². The molecule has 1 amide bonds. The minimum absolute atomic E-state index is 0.0155. The highest BCUT2D eigenvalue weighted by molar-refractivity contribution is 6.31. The van der Waals surface area contributed by atoms with Crippen molar-refractivity contribution >= 4 is 23.2 Å². The molecule has 1 aliphatic rings. The SMILES string of the molecule is CCCC1(C(=O)Nc2ccc(F)c(Cl)c2)CCCN1. The van der Waals surface area contributed by atoms with Crippen molar-refractivity contribution in [3.63, 3.8) is 0 Å². The maximum atomic E-state index is 13.1. The number of anilines is 1. The maximum absolute atomic E-state index is 13.1. The molecule has 1 heterocycles. The predicted molar refractivity (Wildman–Crippen MR) is 74.9 cm³/mol. The molecule has 1 atom stereocenters. The maximum Gasteiger partial charge on any atom is 0.244 e. The molecule has 0 aromatic heterocycles. The molecule has 1 saturated heterocycles. The summed E-state index contributed by atoms with van der Waals surface area (Å²) in [4.78, 5) is 12.4. The Morgan fingerprint density at radius 3 is 2.95 bits per heavy atom. The smallest absolute Gasteiger partial charge is 0.244 e. The van der Waals surface area contributed by atoms with Gasteiger partial charge in [-0.2, -0.15) is 0 Å². The van der Waals surface area contributed by atoms with E-state index in [0.717, 1.165) is 32.2 Å². The van der Waals surface area contributed by atoms with E-state index in [-0.39, 0.29) is 10.9 Å². The van der Waals surface area contributed by atoms with Gasteiger partial charge in [-0.15, -0.1) is 0 Å². The molecule has 2 rings (SSSR count). The van der Waals surface area contributed by atoms with Crippen molar-refractivity contribution in [2.24, 2.45) is 0 Å². The number of halogens is 2. The van der Waals surface area contributed by atoms with Gasteiger partial charge in [-0.3, -0.25) is 4.79 Å². The van der Waals surface area contributed by atoms with Gasteiger partial charge in [0, 0.05) is 5.69 Å². The highest BCUT2D eigenvalue weighted by Gasteiger charge is 2.39. The first kappa shape index (κ1) is 14.3. The van der Waals surface area contributed by atoms with Crippen LogP contribution in [0.2, 0.25) is 5.02 Å². The van der Waals surface area contributed by atoms with Gasteiger partial charge in [-0.25, -0.2) is 4.39 Å². The molecule has 1 aromatic carbocycles. The molecular formula is C14H18ClFN2O. The average molecular weight is 285 g/mol. The Morgan fingerprint density at radius 2 is 2.37 bits per heavy atom. The highest BCUT2D eigenvalue weighted by atomic mass is 35.5. The molecule has 3 nitrogen and oxygen atoms in total. The minimum atomic E-state index is -0.490. The molecule has 1 aromatic rings. The lowest BCUT2D eigenvalue weighted by atomic mass is 9.91. The largest absolute Gasteiger partial charge is 0.324 e. The molecule has 0 saturated carbocycles. The second-order valence-corrected chi connectivity index (χ2v) is 5.35. The summed E-state index contributed by atoms with van der Waals surface area (Å²) in [5.74, 6) is -0.545. The lowest BCUT2D eigenvalue weighted by Crippen LogP contribution is -2.50. The van der Waals surface area contributed by atoms with Crippen LogP contribution in [0.15, 0.2) is 18.2 Å². The van der Waals surface area contributed by atoms with Crippen LogP contribution in [0.1, 0.15) is 32.6 Å². The van der Waals surface area contributed by atoms with Crippen LogP contribution in [0.25, 0.3) is 0 Å². The van der Waals surface area contributed by atoms with Crippen molar-refractivity contribution < 1.29 is 9.18 Å². The van der Waals surface area contributed by atoms with Crippen molar-refractivity contribution in [1.82, 2.24) is 5.32 Å². The number of nitrogens with one attached hydrogen (secondary N) is 2. The fraction of sp³-hybridized carbons (Fsp3) is 0.500. The van der Waals surface area contributed by atoms with Crippen LogP contribution in [0, 0.1) is 5.82 Å². The van der Waals surface area contributed by atoms with E-state index in [9.17, 15) is 9.18 Å². The van der Waals surface area contributed by atoms with E-state index < -0.39 is 11.4 Å². The van der Waals surface area contributed by atoms with Gasteiger partial charge in [0.15, 0.2) is 0 Å². The Morgan fingerprint density at radius 1 is 1.58 bits per heavy atom. The van der Waals surface area contributed by atoms with Crippen molar-refractivity contribution in [3.05, 3.63) is 29.0 Å². The van der Waals surface area contributed by atoms with E-state index >= 15 is 0 Å². The van der Waals surface area contributed by atoms with E-state index in [1.165, 1.54) is 18.2 Å². The van der Waals surface area contributed by atoms with E-state index in [2.05, 4.69) is 17.6 Å². The first-order valence-electron chi connectivity index (χ1n) is 6.59. The summed E-state index contributed by atoms with van der Waals surface area (Å²) in [5.41, 5.74) is 0.0378. The van der Waals surface area contributed by atoms with Gasteiger partial charge in [-0.05, 0) is 44.0 Å². The lowest BCUT2D eigenvalue weighted by Gasteiger charge is -2.27. The van der Waals surface area contributed by atoms with E-state index in [1.54, 1.807) is 0 Å². The predicted octanol–water partition coefficient (Wildman–Crippen LogP) is 3.34. The zero-order valence-electron chi connectivity index (χ0n) is 10.9. The van der Waals surface area contributed by atoms with Crippen molar-refractivity contribution in [1.29, 1.82) is 0 Å². The van der Waals surface area contributed by atoms with Gasteiger partial charge in [0.25, 0.3) is 0 Å². The monoisotopic (exact) mass is 284 g/mol. The van der Waals surface area contributed by atoms with Crippen molar-refractivity contribution in [3.8, 4) is 0 Å². The number of hydrogen-bond acceptors (Lipinski definition) is 2. The highest BCUT2D eigenvalue weighted by Crippen LogP contribution is 2.27. The van der Waals surface area contributed by atoms with Gasteiger partial charge < -0.3 is 10.6 Å². The Labute approximate surface area is 117 Å². The topological polar surface area (TPSA) is 41.1 Å². The van der Waals surface area contributed by atoms with E-state index in [0.29, 0.717) is 5.69 Å². The molecule has 0 aliphatic carbocycles. The third kappa shape index (κ3) is 3.07. The summed E-state index contributed by atoms with van der Waals surface area (Å²) in [6.07, 6.45) is 3.57.